The minimum absolute atomic E-state index is 0.0300. The molecule has 4 nitrogen and oxygen atoms in total. The quantitative estimate of drug-likeness (QED) is 0.605. The summed E-state index contributed by atoms with van der Waals surface area (Å²) in [5.74, 6) is 0.545. The predicted molar refractivity (Wildman–Crippen MR) is 109 cm³/mol. The van der Waals surface area contributed by atoms with Crippen molar-refractivity contribution < 1.29 is 18.0 Å². The topological polar surface area (TPSA) is 49.0 Å². The van der Waals surface area contributed by atoms with Crippen LogP contribution in [0.5, 0.6) is 0 Å². The molecule has 1 fully saturated rings. The van der Waals surface area contributed by atoms with Crippen molar-refractivity contribution >= 4 is 5.91 Å². The zero-order valence-corrected chi connectivity index (χ0v) is 16.5. The fraction of sp³-hybridized carbons (Fsp3) is 0.304. The highest BCUT2D eigenvalue weighted by Crippen LogP contribution is 2.32. The van der Waals surface area contributed by atoms with Crippen molar-refractivity contribution in [3.05, 3.63) is 65.7 Å². The average Bonchev–Trinajstić information content (AvgIpc) is 3.23. The molecule has 0 unspecified atom stereocenters. The summed E-state index contributed by atoms with van der Waals surface area (Å²) >= 11 is 0. The molecule has 1 saturated heterocycles. The average molecular weight is 413 g/mol. The van der Waals surface area contributed by atoms with E-state index in [4.69, 9.17) is 0 Å². The Labute approximate surface area is 172 Å². The summed E-state index contributed by atoms with van der Waals surface area (Å²) in [4.78, 5) is 14.6. The molecule has 1 N–H and O–H groups in total. The first kappa shape index (κ1) is 20.2. The molecule has 1 atom stereocenters. The Balaban J connectivity index is 1.52. The van der Waals surface area contributed by atoms with Crippen LogP contribution < -0.4 is 0 Å². The van der Waals surface area contributed by atoms with Crippen LogP contribution in [0.2, 0.25) is 0 Å². The number of piperidine rings is 1. The number of aromatic nitrogens is 2. The number of halogens is 3. The first-order valence-electron chi connectivity index (χ1n) is 9.94. The van der Waals surface area contributed by atoms with Crippen molar-refractivity contribution in [2.24, 2.45) is 5.92 Å². The van der Waals surface area contributed by atoms with Crippen molar-refractivity contribution in [2.45, 2.75) is 25.9 Å². The summed E-state index contributed by atoms with van der Waals surface area (Å²) in [5.41, 5.74) is 2.22. The van der Waals surface area contributed by atoms with E-state index in [9.17, 15) is 18.0 Å². The van der Waals surface area contributed by atoms with E-state index in [1.807, 2.05) is 17.0 Å². The fourth-order valence-corrected chi connectivity index (χ4v) is 3.82. The van der Waals surface area contributed by atoms with E-state index in [1.165, 1.54) is 6.07 Å². The number of likely N-dealkylation sites (tertiary alicyclic amines) is 1. The highest BCUT2D eigenvalue weighted by atomic mass is 19.4. The highest BCUT2D eigenvalue weighted by molar-refractivity contribution is 5.94. The molecule has 1 aliphatic rings. The van der Waals surface area contributed by atoms with Crippen molar-refractivity contribution in [1.29, 1.82) is 0 Å². The molecule has 0 aliphatic carbocycles. The van der Waals surface area contributed by atoms with Gasteiger partial charge in [0.05, 0.1) is 17.0 Å². The molecule has 0 radical (unpaired) electrons. The van der Waals surface area contributed by atoms with E-state index in [-0.39, 0.29) is 5.91 Å². The normalized spacial score (nSPS) is 17.2. The lowest BCUT2D eigenvalue weighted by Crippen LogP contribution is -2.39. The molecular weight excluding hydrogens is 391 g/mol. The van der Waals surface area contributed by atoms with Crippen LogP contribution in [0.3, 0.4) is 0 Å². The number of amides is 1. The minimum atomic E-state index is -4.40. The number of H-pyrrole nitrogens is 1. The summed E-state index contributed by atoms with van der Waals surface area (Å²) in [6.45, 7) is 3.72. The number of hydrogen-bond acceptors (Lipinski definition) is 2. The molecule has 30 heavy (non-hydrogen) atoms. The standard InChI is InChI=1S/C23H22F3N3O/c1-15-4-3-11-29(14-15)22(30)17-9-7-16(8-10-17)20-13-21(28-27-20)18-5-2-6-19(12-18)23(24,25)26/h2,5-10,12-13,15H,3-4,11,14H2,1H3,(H,27,28)/t15-/m0/s1. The molecule has 2 aromatic carbocycles. The van der Waals surface area contributed by atoms with Gasteiger partial charge in [-0.1, -0.05) is 31.2 Å². The van der Waals surface area contributed by atoms with Crippen LogP contribution in [0.25, 0.3) is 22.5 Å². The molecule has 1 aliphatic heterocycles. The van der Waals surface area contributed by atoms with Crippen LogP contribution in [0.15, 0.2) is 54.6 Å². The van der Waals surface area contributed by atoms with Gasteiger partial charge in [0.15, 0.2) is 0 Å². The van der Waals surface area contributed by atoms with Crippen molar-refractivity contribution in [2.75, 3.05) is 13.1 Å². The van der Waals surface area contributed by atoms with Gasteiger partial charge in [-0.2, -0.15) is 18.3 Å². The maximum Gasteiger partial charge on any atom is 0.416 e. The van der Waals surface area contributed by atoms with Crippen LogP contribution >= 0.6 is 0 Å². The van der Waals surface area contributed by atoms with Crippen molar-refractivity contribution in [3.8, 4) is 22.5 Å². The smallest absolute Gasteiger partial charge is 0.338 e. The van der Waals surface area contributed by atoms with Crippen LogP contribution in [0.4, 0.5) is 13.2 Å². The molecule has 156 valence electrons. The maximum atomic E-state index is 13.0. The van der Waals surface area contributed by atoms with Gasteiger partial charge in [0.2, 0.25) is 0 Å². The molecular formula is C23H22F3N3O. The number of nitrogens with zero attached hydrogens (tertiary/aromatic N) is 2. The Morgan fingerprint density at radius 3 is 2.57 bits per heavy atom. The minimum Gasteiger partial charge on any atom is -0.338 e. The van der Waals surface area contributed by atoms with Gasteiger partial charge >= 0.3 is 6.18 Å². The third-order valence-corrected chi connectivity index (χ3v) is 5.45. The Bertz CT molecular complexity index is 1040. The summed E-state index contributed by atoms with van der Waals surface area (Å²) in [7, 11) is 0. The molecule has 2 heterocycles. The van der Waals surface area contributed by atoms with E-state index in [0.29, 0.717) is 28.4 Å². The van der Waals surface area contributed by atoms with Gasteiger partial charge in [-0.15, -0.1) is 0 Å². The fourth-order valence-electron chi connectivity index (χ4n) is 3.82. The molecule has 1 aromatic heterocycles. The molecule has 0 saturated carbocycles. The van der Waals surface area contributed by atoms with Gasteiger partial charge in [0, 0.05) is 24.2 Å². The van der Waals surface area contributed by atoms with E-state index < -0.39 is 11.7 Å². The Kier molecular flexibility index (Phi) is 5.37. The first-order valence-corrected chi connectivity index (χ1v) is 9.94. The van der Waals surface area contributed by atoms with E-state index >= 15 is 0 Å². The van der Waals surface area contributed by atoms with Crippen LogP contribution in [0.1, 0.15) is 35.7 Å². The molecule has 0 bridgehead atoms. The van der Waals surface area contributed by atoms with Crippen LogP contribution in [-0.2, 0) is 6.18 Å². The van der Waals surface area contributed by atoms with Crippen LogP contribution in [-0.4, -0.2) is 34.1 Å². The molecule has 0 spiro atoms. The number of aromatic amines is 1. The largest absolute Gasteiger partial charge is 0.416 e. The zero-order valence-electron chi connectivity index (χ0n) is 16.5. The summed E-state index contributed by atoms with van der Waals surface area (Å²) in [5, 5.41) is 7.03. The van der Waals surface area contributed by atoms with E-state index in [1.54, 1.807) is 24.3 Å². The van der Waals surface area contributed by atoms with Gasteiger partial charge < -0.3 is 4.90 Å². The second kappa shape index (κ2) is 7.97. The number of rotatable bonds is 3. The predicted octanol–water partition coefficient (Wildman–Crippen LogP) is 5.63. The zero-order chi connectivity index (χ0) is 21.3. The monoisotopic (exact) mass is 413 g/mol. The van der Waals surface area contributed by atoms with Gasteiger partial charge in [-0.25, -0.2) is 0 Å². The second-order valence-corrected chi connectivity index (χ2v) is 7.82. The first-order chi connectivity index (χ1) is 14.3. The Hall–Kier alpha value is -3.09. The lowest BCUT2D eigenvalue weighted by atomic mass is 9.99. The number of carbonyl (C=O) groups is 1. The summed E-state index contributed by atoms with van der Waals surface area (Å²) in [6, 6.07) is 14.0. The lowest BCUT2D eigenvalue weighted by Gasteiger charge is -2.31. The van der Waals surface area contributed by atoms with Gasteiger partial charge in [-0.3, -0.25) is 9.89 Å². The highest BCUT2D eigenvalue weighted by Gasteiger charge is 2.30. The third kappa shape index (κ3) is 4.25. The Morgan fingerprint density at radius 2 is 1.87 bits per heavy atom. The Morgan fingerprint density at radius 1 is 1.10 bits per heavy atom. The lowest BCUT2D eigenvalue weighted by molar-refractivity contribution is -0.137. The van der Waals surface area contributed by atoms with Gasteiger partial charge in [-0.05, 0) is 54.7 Å². The van der Waals surface area contributed by atoms with E-state index in [0.717, 1.165) is 43.6 Å². The van der Waals surface area contributed by atoms with Crippen molar-refractivity contribution in [1.82, 2.24) is 15.1 Å². The molecule has 1 amide bonds. The molecule has 3 aromatic rings. The summed E-state index contributed by atoms with van der Waals surface area (Å²) < 4.78 is 38.9. The number of carbonyl (C=O) groups excluding carboxylic acids is 1. The SMILES string of the molecule is C[C@H]1CCCN(C(=O)c2ccc(-c3cc(-c4cccc(C(F)(F)F)c4)n[nH]3)cc2)C1. The third-order valence-electron chi connectivity index (χ3n) is 5.45. The van der Waals surface area contributed by atoms with Gasteiger partial charge in [0.1, 0.15) is 0 Å². The van der Waals surface area contributed by atoms with Gasteiger partial charge in [0.25, 0.3) is 5.91 Å². The molecule has 4 rings (SSSR count). The van der Waals surface area contributed by atoms with E-state index in [2.05, 4.69) is 17.1 Å². The number of hydrogen-bond donors (Lipinski definition) is 1. The number of benzene rings is 2. The maximum absolute atomic E-state index is 13.0. The number of nitrogens with one attached hydrogen (secondary N) is 1. The van der Waals surface area contributed by atoms with Crippen LogP contribution in [0, 0.1) is 5.92 Å². The molecule has 7 heteroatoms. The summed E-state index contributed by atoms with van der Waals surface area (Å²) in [6.07, 6.45) is -2.22. The van der Waals surface area contributed by atoms with Crippen molar-refractivity contribution in [3.63, 3.8) is 0 Å². The second-order valence-electron chi connectivity index (χ2n) is 7.82. The number of alkyl halides is 3.